The van der Waals surface area contributed by atoms with Crippen LogP contribution in [0.15, 0.2) is 52.4 Å². The molecule has 0 radical (unpaired) electrons. The molecule has 2 aromatic rings. The van der Waals surface area contributed by atoms with Crippen molar-refractivity contribution >= 4 is 46.2 Å². The van der Waals surface area contributed by atoms with Crippen LogP contribution in [0.2, 0.25) is 5.02 Å². The Morgan fingerprint density at radius 3 is 2.53 bits per heavy atom. The summed E-state index contributed by atoms with van der Waals surface area (Å²) >= 11 is 7.34. The van der Waals surface area contributed by atoms with Crippen molar-refractivity contribution in [2.75, 3.05) is 20.3 Å². The zero-order chi connectivity index (χ0) is 21.7. The highest BCUT2D eigenvalue weighted by Crippen LogP contribution is 2.36. The maximum Gasteiger partial charge on any atom is 0.266 e. The van der Waals surface area contributed by atoms with Crippen molar-refractivity contribution in [1.29, 1.82) is 0 Å². The van der Waals surface area contributed by atoms with E-state index in [0.717, 1.165) is 11.3 Å². The molecular formula is C23H25ClN2O3S. The molecular weight excluding hydrogens is 420 g/mol. The molecule has 0 bridgehead atoms. The molecule has 1 aliphatic rings. The SMILES string of the molecule is CCOc1ccc(/C=C2\SC(=Nc3ccc(Cl)cc3)N(CC(C)C)C2=O)cc1OC. The van der Waals surface area contributed by atoms with Crippen molar-refractivity contribution < 1.29 is 14.3 Å². The standard InChI is InChI=1S/C23H25ClN2O3S/c1-5-29-19-11-6-16(12-20(19)28-4)13-21-22(27)26(14-15(2)3)23(30-21)25-18-9-7-17(24)8-10-18/h6-13,15H,5,14H2,1-4H3/b21-13-,25-23?. The topological polar surface area (TPSA) is 51.1 Å². The summed E-state index contributed by atoms with van der Waals surface area (Å²) in [4.78, 5) is 20.1. The molecule has 158 valence electrons. The summed E-state index contributed by atoms with van der Waals surface area (Å²) in [5.74, 6) is 1.58. The highest BCUT2D eigenvalue weighted by molar-refractivity contribution is 8.18. The minimum absolute atomic E-state index is 0.0470. The molecule has 3 rings (SSSR count). The molecule has 0 spiro atoms. The Balaban J connectivity index is 1.93. The summed E-state index contributed by atoms with van der Waals surface area (Å²) in [6, 6.07) is 12.9. The minimum atomic E-state index is -0.0470. The third-order valence-corrected chi connectivity index (χ3v) is 5.53. The molecule has 0 aromatic heterocycles. The normalized spacial score (nSPS) is 16.7. The van der Waals surface area contributed by atoms with Crippen LogP contribution in [0.4, 0.5) is 5.69 Å². The fraction of sp³-hybridized carbons (Fsp3) is 0.304. The molecule has 0 aliphatic carbocycles. The first-order valence-corrected chi connectivity index (χ1v) is 11.0. The molecule has 30 heavy (non-hydrogen) atoms. The number of thioether (sulfide) groups is 1. The van der Waals surface area contributed by atoms with Crippen molar-refractivity contribution in [3.8, 4) is 11.5 Å². The average molecular weight is 445 g/mol. The quantitative estimate of drug-likeness (QED) is 0.491. The number of nitrogens with zero attached hydrogens (tertiary/aromatic N) is 2. The first kappa shape index (κ1) is 22.2. The lowest BCUT2D eigenvalue weighted by atomic mass is 10.1. The lowest BCUT2D eigenvalue weighted by Gasteiger charge is -2.17. The van der Waals surface area contributed by atoms with Crippen LogP contribution in [-0.2, 0) is 4.79 Å². The second-order valence-electron chi connectivity index (χ2n) is 7.13. The van der Waals surface area contributed by atoms with Crippen LogP contribution in [0, 0.1) is 5.92 Å². The number of amides is 1. The lowest BCUT2D eigenvalue weighted by molar-refractivity contribution is -0.122. The predicted octanol–water partition coefficient (Wildman–Crippen LogP) is 6.01. The number of carbonyl (C=O) groups is 1. The number of rotatable bonds is 7. The van der Waals surface area contributed by atoms with Crippen molar-refractivity contribution in [3.05, 3.63) is 58.0 Å². The maximum absolute atomic E-state index is 13.1. The van der Waals surface area contributed by atoms with Crippen LogP contribution < -0.4 is 9.47 Å². The van der Waals surface area contributed by atoms with E-state index < -0.39 is 0 Å². The van der Waals surface area contributed by atoms with Crippen LogP contribution in [0.5, 0.6) is 11.5 Å². The smallest absolute Gasteiger partial charge is 0.266 e. The van der Waals surface area contributed by atoms with Crippen LogP contribution in [0.1, 0.15) is 26.3 Å². The van der Waals surface area contributed by atoms with Crippen LogP contribution in [0.3, 0.4) is 0 Å². The number of hydrogen-bond donors (Lipinski definition) is 0. The molecule has 2 aromatic carbocycles. The molecule has 0 saturated carbocycles. The van der Waals surface area contributed by atoms with E-state index in [0.29, 0.717) is 45.7 Å². The van der Waals surface area contributed by atoms with Crippen LogP contribution in [0.25, 0.3) is 6.08 Å². The Morgan fingerprint density at radius 2 is 1.90 bits per heavy atom. The van der Waals surface area contributed by atoms with Crippen LogP contribution >= 0.6 is 23.4 Å². The number of aliphatic imine (C=N–C) groups is 1. The summed E-state index contributed by atoms with van der Waals surface area (Å²) in [5, 5.41) is 1.32. The number of amidine groups is 1. The van der Waals surface area contributed by atoms with E-state index in [9.17, 15) is 4.79 Å². The summed E-state index contributed by atoms with van der Waals surface area (Å²) in [5.41, 5.74) is 1.62. The molecule has 0 N–H and O–H groups in total. The van der Waals surface area contributed by atoms with Gasteiger partial charge in [0.05, 0.1) is 24.3 Å². The van der Waals surface area contributed by atoms with Crippen LogP contribution in [-0.4, -0.2) is 36.2 Å². The van der Waals surface area contributed by atoms with Crippen molar-refractivity contribution in [3.63, 3.8) is 0 Å². The van der Waals surface area contributed by atoms with Gasteiger partial charge in [0.1, 0.15) is 0 Å². The Hall–Kier alpha value is -2.44. The summed E-state index contributed by atoms with van der Waals surface area (Å²) in [6.45, 7) is 7.24. The Labute approximate surface area is 186 Å². The van der Waals surface area contributed by atoms with Gasteiger partial charge in [-0.25, -0.2) is 4.99 Å². The van der Waals surface area contributed by atoms with E-state index in [-0.39, 0.29) is 5.91 Å². The van der Waals surface area contributed by atoms with E-state index in [1.807, 2.05) is 43.3 Å². The van der Waals surface area contributed by atoms with Gasteiger partial charge in [-0.15, -0.1) is 0 Å². The van der Waals surface area contributed by atoms with E-state index >= 15 is 0 Å². The summed E-state index contributed by atoms with van der Waals surface area (Å²) in [6.07, 6.45) is 1.86. The van der Waals surface area contributed by atoms with Gasteiger partial charge in [0.25, 0.3) is 5.91 Å². The van der Waals surface area contributed by atoms with Gasteiger partial charge in [0, 0.05) is 11.6 Å². The third-order valence-electron chi connectivity index (χ3n) is 4.27. The molecule has 1 heterocycles. The zero-order valence-corrected chi connectivity index (χ0v) is 19.1. The van der Waals surface area contributed by atoms with Gasteiger partial charge >= 0.3 is 0 Å². The van der Waals surface area contributed by atoms with Gasteiger partial charge in [0.2, 0.25) is 0 Å². The fourth-order valence-electron chi connectivity index (χ4n) is 2.94. The molecule has 7 heteroatoms. The van der Waals surface area contributed by atoms with E-state index in [4.69, 9.17) is 21.1 Å². The van der Waals surface area contributed by atoms with Crippen molar-refractivity contribution in [1.82, 2.24) is 4.90 Å². The second kappa shape index (κ2) is 10.0. The molecule has 5 nitrogen and oxygen atoms in total. The van der Waals surface area contributed by atoms with Gasteiger partial charge in [-0.3, -0.25) is 9.69 Å². The van der Waals surface area contributed by atoms with E-state index in [1.54, 1.807) is 24.1 Å². The number of benzene rings is 2. The fourth-order valence-corrected chi connectivity index (χ4v) is 4.08. The molecule has 1 saturated heterocycles. The average Bonchev–Trinajstić information content (AvgIpc) is 2.99. The first-order chi connectivity index (χ1) is 14.4. The molecule has 1 fully saturated rings. The number of hydrogen-bond acceptors (Lipinski definition) is 5. The zero-order valence-electron chi connectivity index (χ0n) is 17.5. The second-order valence-corrected chi connectivity index (χ2v) is 8.58. The molecule has 0 atom stereocenters. The maximum atomic E-state index is 13.1. The van der Waals surface area contributed by atoms with Gasteiger partial charge in [-0.05, 0) is 72.6 Å². The van der Waals surface area contributed by atoms with Gasteiger partial charge < -0.3 is 9.47 Å². The van der Waals surface area contributed by atoms with Gasteiger partial charge in [-0.2, -0.15) is 0 Å². The van der Waals surface area contributed by atoms with Crippen molar-refractivity contribution in [2.45, 2.75) is 20.8 Å². The predicted molar refractivity (Wildman–Crippen MR) is 125 cm³/mol. The van der Waals surface area contributed by atoms with Gasteiger partial charge in [0.15, 0.2) is 16.7 Å². The van der Waals surface area contributed by atoms with E-state index in [1.165, 1.54) is 11.8 Å². The Bertz CT molecular complexity index is 971. The first-order valence-electron chi connectivity index (χ1n) is 9.77. The molecule has 1 aliphatic heterocycles. The number of halogens is 1. The van der Waals surface area contributed by atoms with Gasteiger partial charge in [-0.1, -0.05) is 31.5 Å². The highest BCUT2D eigenvalue weighted by Gasteiger charge is 2.33. The van der Waals surface area contributed by atoms with E-state index in [2.05, 4.69) is 18.8 Å². The molecule has 1 amide bonds. The highest BCUT2D eigenvalue weighted by atomic mass is 35.5. The number of ether oxygens (including phenoxy) is 2. The third kappa shape index (κ3) is 5.37. The lowest BCUT2D eigenvalue weighted by Crippen LogP contribution is -2.32. The Kier molecular flexibility index (Phi) is 7.45. The molecule has 0 unspecified atom stereocenters. The summed E-state index contributed by atoms with van der Waals surface area (Å²) in [7, 11) is 1.60. The monoisotopic (exact) mass is 444 g/mol. The number of methoxy groups -OCH3 is 1. The summed E-state index contributed by atoms with van der Waals surface area (Å²) < 4.78 is 11.0. The number of carbonyl (C=O) groups excluding carboxylic acids is 1. The minimum Gasteiger partial charge on any atom is -0.493 e. The largest absolute Gasteiger partial charge is 0.493 e. The van der Waals surface area contributed by atoms with Crippen molar-refractivity contribution in [2.24, 2.45) is 10.9 Å². The Morgan fingerprint density at radius 1 is 1.17 bits per heavy atom.